The van der Waals surface area contributed by atoms with Crippen LogP contribution in [0.15, 0.2) is 65.8 Å². The van der Waals surface area contributed by atoms with E-state index in [4.69, 9.17) is 32.7 Å². The van der Waals surface area contributed by atoms with Crippen molar-refractivity contribution in [2.75, 3.05) is 18.0 Å². The Bertz CT molecular complexity index is 1280. The van der Waals surface area contributed by atoms with Gasteiger partial charge in [0.1, 0.15) is 18.2 Å². The number of carbonyl (C=O) groups excluding carboxylic acids is 1. The molecule has 36 heavy (non-hydrogen) atoms. The van der Waals surface area contributed by atoms with Crippen LogP contribution in [-0.2, 0) is 16.1 Å². The van der Waals surface area contributed by atoms with Crippen molar-refractivity contribution in [1.29, 1.82) is 0 Å². The molecule has 0 bridgehead atoms. The Morgan fingerprint density at radius 1 is 1.11 bits per heavy atom. The van der Waals surface area contributed by atoms with Gasteiger partial charge in [-0.2, -0.15) is 5.01 Å². The maximum atomic E-state index is 14.4. The molecule has 0 aliphatic carbocycles. The highest BCUT2D eigenvalue weighted by Gasteiger charge is 2.35. The number of hydrogen-bond donors (Lipinski definition) is 0. The Morgan fingerprint density at radius 3 is 2.53 bits per heavy atom. The van der Waals surface area contributed by atoms with Gasteiger partial charge in [0.15, 0.2) is 0 Å². The van der Waals surface area contributed by atoms with Gasteiger partial charge in [0, 0.05) is 47.9 Å². The van der Waals surface area contributed by atoms with Crippen LogP contribution in [0.25, 0.3) is 0 Å². The van der Waals surface area contributed by atoms with E-state index >= 15 is 0 Å². The van der Waals surface area contributed by atoms with Gasteiger partial charge < -0.3 is 14.4 Å². The minimum Gasteiger partial charge on any atom is -0.488 e. The molecule has 4 rings (SSSR count). The van der Waals surface area contributed by atoms with Crippen LogP contribution in [0.4, 0.5) is 10.1 Å². The quantitative estimate of drug-likeness (QED) is 0.322. The Hall–Kier alpha value is -3.29. The van der Waals surface area contributed by atoms with E-state index in [1.54, 1.807) is 36.4 Å². The number of anilines is 1. The number of benzene rings is 3. The first kappa shape index (κ1) is 25.8. The van der Waals surface area contributed by atoms with E-state index in [-0.39, 0.29) is 29.0 Å². The molecule has 0 unspecified atom stereocenters. The number of nitrogens with zero attached hydrogens (tertiary/aromatic N) is 3. The molecule has 0 saturated heterocycles. The second-order valence-corrected chi connectivity index (χ2v) is 8.98. The number of amides is 1. The standard InChI is InChI=1S/C27H26Cl2FN3O3/c1-4-32(5-2)20-12-13-21(25(15-20)35-16-22-23(29)10-7-11-24(22)30)27-33(17(3)34)31-26(36-27)18-8-6-9-19(28)14-18/h6-15,27H,4-5,16H2,1-3H3/t27-/m1/s1. The summed E-state index contributed by atoms with van der Waals surface area (Å²) in [6.45, 7) is 6.99. The minimum absolute atomic E-state index is 0.102. The van der Waals surface area contributed by atoms with Crippen molar-refractivity contribution < 1.29 is 18.7 Å². The van der Waals surface area contributed by atoms with Gasteiger partial charge in [0.25, 0.3) is 0 Å². The fraction of sp³-hybridized carbons (Fsp3) is 0.259. The number of hydrazone groups is 1. The predicted molar refractivity (Wildman–Crippen MR) is 140 cm³/mol. The molecule has 1 amide bonds. The minimum atomic E-state index is -0.881. The smallest absolute Gasteiger partial charge is 0.243 e. The second kappa shape index (κ2) is 11.2. The summed E-state index contributed by atoms with van der Waals surface area (Å²) < 4.78 is 26.7. The number of rotatable bonds is 8. The van der Waals surface area contributed by atoms with E-state index in [1.165, 1.54) is 18.0 Å². The van der Waals surface area contributed by atoms with Crippen molar-refractivity contribution in [3.05, 3.63) is 93.2 Å². The van der Waals surface area contributed by atoms with Crippen LogP contribution >= 0.6 is 23.2 Å². The Kier molecular flexibility index (Phi) is 8.01. The molecular formula is C27H26Cl2FN3O3. The Labute approximate surface area is 219 Å². The molecule has 3 aromatic rings. The normalized spacial score (nSPS) is 14.9. The van der Waals surface area contributed by atoms with Gasteiger partial charge >= 0.3 is 0 Å². The zero-order valence-corrected chi connectivity index (χ0v) is 21.7. The fourth-order valence-electron chi connectivity index (χ4n) is 3.97. The zero-order valence-electron chi connectivity index (χ0n) is 20.2. The maximum absolute atomic E-state index is 14.4. The first-order chi connectivity index (χ1) is 17.3. The molecule has 1 heterocycles. The van der Waals surface area contributed by atoms with Crippen LogP contribution in [0.1, 0.15) is 43.7 Å². The van der Waals surface area contributed by atoms with E-state index in [0.29, 0.717) is 21.9 Å². The summed E-state index contributed by atoms with van der Waals surface area (Å²) in [6.07, 6.45) is -0.881. The first-order valence-corrected chi connectivity index (χ1v) is 12.3. The summed E-state index contributed by atoms with van der Waals surface area (Å²) in [6, 6.07) is 17.1. The van der Waals surface area contributed by atoms with Gasteiger partial charge in [-0.25, -0.2) is 4.39 Å². The summed E-state index contributed by atoms with van der Waals surface area (Å²) in [5, 5.41) is 6.45. The van der Waals surface area contributed by atoms with Crippen molar-refractivity contribution in [1.82, 2.24) is 5.01 Å². The molecule has 3 aromatic carbocycles. The molecule has 1 aliphatic heterocycles. The Balaban J connectivity index is 1.72. The molecule has 0 aromatic heterocycles. The van der Waals surface area contributed by atoms with E-state index < -0.39 is 12.0 Å². The zero-order chi connectivity index (χ0) is 25.8. The number of hydrogen-bond acceptors (Lipinski definition) is 5. The third kappa shape index (κ3) is 5.42. The molecule has 0 radical (unpaired) electrons. The van der Waals surface area contributed by atoms with Crippen molar-refractivity contribution in [3.63, 3.8) is 0 Å². The van der Waals surface area contributed by atoms with Gasteiger partial charge in [-0.15, -0.1) is 5.10 Å². The van der Waals surface area contributed by atoms with Crippen LogP contribution in [0, 0.1) is 5.82 Å². The molecule has 188 valence electrons. The van der Waals surface area contributed by atoms with Crippen LogP contribution in [0.2, 0.25) is 10.0 Å². The van der Waals surface area contributed by atoms with Crippen LogP contribution in [0.3, 0.4) is 0 Å². The average Bonchev–Trinajstić information content (AvgIpc) is 3.30. The third-order valence-corrected chi connectivity index (χ3v) is 6.45. The maximum Gasteiger partial charge on any atom is 0.243 e. The molecule has 0 spiro atoms. The third-order valence-electron chi connectivity index (χ3n) is 5.86. The van der Waals surface area contributed by atoms with Crippen LogP contribution < -0.4 is 9.64 Å². The molecular weight excluding hydrogens is 504 g/mol. The fourth-order valence-corrected chi connectivity index (χ4v) is 4.37. The number of carbonyl (C=O) groups is 1. The van der Waals surface area contributed by atoms with E-state index in [0.717, 1.165) is 18.8 Å². The summed E-state index contributed by atoms with van der Waals surface area (Å²) in [4.78, 5) is 14.7. The SMILES string of the molecule is CCN(CC)c1ccc([C@H]2OC(c3cccc(Cl)c3)=NN2C(C)=O)c(OCc2c(F)cccc2Cl)c1. The second-order valence-electron chi connectivity index (χ2n) is 8.13. The molecule has 0 fully saturated rings. The number of halogens is 3. The molecule has 0 saturated carbocycles. The lowest BCUT2D eigenvalue weighted by atomic mass is 10.1. The van der Waals surface area contributed by atoms with Gasteiger partial charge in [-0.05, 0) is 56.3 Å². The lowest BCUT2D eigenvalue weighted by molar-refractivity contribution is -0.135. The highest BCUT2D eigenvalue weighted by Crippen LogP contribution is 2.38. The van der Waals surface area contributed by atoms with Crippen LogP contribution in [-0.4, -0.2) is 29.9 Å². The van der Waals surface area contributed by atoms with Crippen molar-refractivity contribution >= 4 is 40.7 Å². The topological polar surface area (TPSA) is 54.4 Å². The summed E-state index contributed by atoms with van der Waals surface area (Å²) in [7, 11) is 0. The lowest BCUT2D eigenvalue weighted by Gasteiger charge is -2.26. The largest absolute Gasteiger partial charge is 0.488 e. The van der Waals surface area contributed by atoms with Crippen molar-refractivity contribution in [2.45, 2.75) is 33.6 Å². The van der Waals surface area contributed by atoms with E-state index in [9.17, 15) is 9.18 Å². The first-order valence-electron chi connectivity index (χ1n) is 11.6. The molecule has 1 atom stereocenters. The highest BCUT2D eigenvalue weighted by atomic mass is 35.5. The van der Waals surface area contributed by atoms with Gasteiger partial charge in [-0.3, -0.25) is 4.79 Å². The van der Waals surface area contributed by atoms with Gasteiger partial charge in [0.05, 0.1) is 10.6 Å². The molecule has 0 N–H and O–H groups in total. The highest BCUT2D eigenvalue weighted by molar-refractivity contribution is 6.31. The lowest BCUT2D eigenvalue weighted by Crippen LogP contribution is -2.26. The Morgan fingerprint density at radius 2 is 1.86 bits per heavy atom. The summed E-state index contributed by atoms with van der Waals surface area (Å²) in [5.41, 5.74) is 2.36. The van der Waals surface area contributed by atoms with E-state index in [2.05, 4.69) is 23.8 Å². The monoisotopic (exact) mass is 529 g/mol. The van der Waals surface area contributed by atoms with Crippen LogP contribution in [0.5, 0.6) is 5.75 Å². The predicted octanol–water partition coefficient (Wildman–Crippen LogP) is 6.80. The van der Waals surface area contributed by atoms with Crippen molar-refractivity contribution in [2.24, 2.45) is 5.10 Å². The van der Waals surface area contributed by atoms with Crippen molar-refractivity contribution in [3.8, 4) is 5.75 Å². The number of ether oxygens (including phenoxy) is 2. The van der Waals surface area contributed by atoms with Gasteiger partial charge in [-0.1, -0.05) is 35.3 Å². The summed E-state index contributed by atoms with van der Waals surface area (Å²) >= 11 is 12.4. The van der Waals surface area contributed by atoms with E-state index in [1.807, 2.05) is 18.2 Å². The molecule has 9 heteroatoms. The van der Waals surface area contributed by atoms with Gasteiger partial charge in [0.2, 0.25) is 18.0 Å². The average molecular weight is 530 g/mol. The molecule has 6 nitrogen and oxygen atoms in total. The summed E-state index contributed by atoms with van der Waals surface area (Å²) in [5.74, 6) is -0.0860. The molecule has 1 aliphatic rings.